The molecule has 78 valence electrons. The van der Waals surface area contributed by atoms with Crippen molar-refractivity contribution in [1.29, 1.82) is 0 Å². The summed E-state index contributed by atoms with van der Waals surface area (Å²) in [7, 11) is 0. The number of pyridine rings is 1. The van der Waals surface area contributed by atoms with Crippen molar-refractivity contribution < 1.29 is 4.92 Å². The Hall–Kier alpha value is -1.31. The molecule has 0 aromatic carbocycles. The van der Waals surface area contributed by atoms with Crippen LogP contribution in [-0.4, -0.2) is 15.8 Å². The molecule has 0 atom stereocenters. The lowest BCUT2D eigenvalue weighted by Gasteiger charge is -2.00. The molecule has 0 spiro atoms. The summed E-state index contributed by atoms with van der Waals surface area (Å²) in [6.45, 7) is 1.57. The van der Waals surface area contributed by atoms with Crippen molar-refractivity contribution >= 4 is 28.9 Å². The molecule has 1 rings (SSSR count). The molecule has 6 heteroatoms. The predicted molar refractivity (Wildman–Crippen MR) is 58.2 cm³/mol. The van der Waals surface area contributed by atoms with Gasteiger partial charge in [-0.2, -0.15) is 0 Å². The van der Waals surface area contributed by atoms with Gasteiger partial charge in [0.05, 0.1) is 16.4 Å². The Labute approximate surface area is 96.4 Å². The second-order valence-electron chi connectivity index (χ2n) is 2.63. The average molecular weight is 245 g/mol. The number of halogens is 2. The van der Waals surface area contributed by atoms with E-state index in [0.29, 0.717) is 11.1 Å². The Morgan fingerprint density at radius 1 is 1.67 bits per heavy atom. The highest BCUT2D eigenvalue weighted by Gasteiger charge is 2.19. The quantitative estimate of drug-likeness (QED) is 0.251. The van der Waals surface area contributed by atoms with Crippen molar-refractivity contribution in [2.24, 2.45) is 0 Å². The molecule has 0 bridgehead atoms. The van der Waals surface area contributed by atoms with Crippen LogP contribution >= 0.6 is 23.2 Å². The Morgan fingerprint density at radius 2 is 2.33 bits per heavy atom. The lowest BCUT2D eigenvalue weighted by atomic mass is 10.1. The number of hydrogen-bond acceptors (Lipinski definition) is 3. The summed E-state index contributed by atoms with van der Waals surface area (Å²) >= 11 is 11.0. The van der Waals surface area contributed by atoms with E-state index in [9.17, 15) is 10.1 Å². The molecular formula is C9H6Cl2N2O2. The molecule has 0 aliphatic heterocycles. The summed E-state index contributed by atoms with van der Waals surface area (Å²) in [6.07, 6.45) is 1.39. The van der Waals surface area contributed by atoms with Crippen LogP contribution in [0.5, 0.6) is 0 Å². The molecule has 0 saturated carbocycles. The van der Waals surface area contributed by atoms with Gasteiger partial charge in [0, 0.05) is 11.8 Å². The predicted octanol–water partition coefficient (Wildman–Crippen LogP) is 2.54. The molecule has 1 aromatic heterocycles. The fourth-order valence-electron chi connectivity index (χ4n) is 1.03. The number of nitro groups is 1. The van der Waals surface area contributed by atoms with Crippen molar-refractivity contribution in [3.05, 3.63) is 32.6 Å². The van der Waals surface area contributed by atoms with Crippen LogP contribution in [0.25, 0.3) is 0 Å². The first kappa shape index (κ1) is 11.8. The maximum atomic E-state index is 10.7. The molecule has 0 radical (unpaired) electrons. The van der Waals surface area contributed by atoms with Crippen LogP contribution in [-0.2, 0) is 0 Å². The molecule has 0 aliphatic rings. The Bertz CT molecular complexity index is 463. The van der Waals surface area contributed by atoms with Gasteiger partial charge in [0.25, 0.3) is 0 Å². The first-order valence-corrected chi connectivity index (χ1v) is 4.83. The van der Waals surface area contributed by atoms with Gasteiger partial charge >= 0.3 is 5.69 Å². The zero-order valence-electron chi connectivity index (χ0n) is 7.75. The molecule has 0 N–H and O–H groups in total. The van der Waals surface area contributed by atoms with Crippen LogP contribution in [0.2, 0.25) is 5.15 Å². The summed E-state index contributed by atoms with van der Waals surface area (Å²) in [5.74, 6) is 5.44. The van der Waals surface area contributed by atoms with Crippen LogP contribution in [0, 0.1) is 28.9 Å². The van der Waals surface area contributed by atoms with Crippen LogP contribution < -0.4 is 0 Å². The zero-order valence-corrected chi connectivity index (χ0v) is 9.26. The fraction of sp³-hybridized carbons (Fsp3) is 0.222. The van der Waals surface area contributed by atoms with Crippen molar-refractivity contribution in [3.63, 3.8) is 0 Å². The molecule has 15 heavy (non-hydrogen) atoms. The molecular weight excluding hydrogens is 239 g/mol. The third-order valence-electron chi connectivity index (χ3n) is 1.73. The van der Waals surface area contributed by atoms with E-state index in [1.807, 2.05) is 0 Å². The van der Waals surface area contributed by atoms with Crippen LogP contribution in [0.3, 0.4) is 0 Å². The molecule has 0 aliphatic carbocycles. The number of aromatic nitrogens is 1. The molecule has 1 aromatic rings. The van der Waals surface area contributed by atoms with Gasteiger partial charge in [0.15, 0.2) is 0 Å². The monoisotopic (exact) mass is 244 g/mol. The Balaban J connectivity index is 3.35. The Kier molecular flexibility index (Phi) is 3.89. The summed E-state index contributed by atoms with van der Waals surface area (Å²) < 4.78 is 0. The van der Waals surface area contributed by atoms with E-state index in [-0.39, 0.29) is 16.7 Å². The highest BCUT2D eigenvalue weighted by molar-refractivity contribution is 6.31. The van der Waals surface area contributed by atoms with E-state index >= 15 is 0 Å². The lowest BCUT2D eigenvalue weighted by molar-refractivity contribution is -0.385. The van der Waals surface area contributed by atoms with Gasteiger partial charge in [0.1, 0.15) is 0 Å². The summed E-state index contributed by atoms with van der Waals surface area (Å²) in [5, 5.41) is 10.5. The maximum absolute atomic E-state index is 10.7. The molecule has 4 nitrogen and oxygen atoms in total. The highest BCUT2D eigenvalue weighted by Crippen LogP contribution is 2.27. The van der Waals surface area contributed by atoms with Crippen molar-refractivity contribution in [2.75, 3.05) is 5.88 Å². The first-order valence-electron chi connectivity index (χ1n) is 3.92. The summed E-state index contributed by atoms with van der Waals surface area (Å²) in [5.41, 5.74) is 0.655. The smallest absolute Gasteiger partial charge is 0.258 e. The topological polar surface area (TPSA) is 56.0 Å². The fourth-order valence-corrected chi connectivity index (χ4v) is 1.35. The third kappa shape index (κ3) is 2.58. The molecule has 0 saturated heterocycles. The van der Waals surface area contributed by atoms with Crippen LogP contribution in [0.4, 0.5) is 5.69 Å². The van der Waals surface area contributed by atoms with Gasteiger partial charge in [-0.1, -0.05) is 23.4 Å². The van der Waals surface area contributed by atoms with Crippen molar-refractivity contribution in [3.8, 4) is 11.8 Å². The van der Waals surface area contributed by atoms with E-state index in [1.54, 1.807) is 6.92 Å². The van der Waals surface area contributed by atoms with E-state index in [1.165, 1.54) is 6.20 Å². The first-order chi connectivity index (χ1) is 7.07. The number of hydrogen-bond donors (Lipinski definition) is 0. The maximum Gasteiger partial charge on any atom is 0.310 e. The van der Waals surface area contributed by atoms with Crippen molar-refractivity contribution in [2.45, 2.75) is 6.92 Å². The number of nitrogens with zero attached hydrogens (tertiary/aromatic N) is 2. The average Bonchev–Trinajstić information content (AvgIpc) is 2.16. The van der Waals surface area contributed by atoms with Crippen LogP contribution in [0.15, 0.2) is 6.20 Å². The van der Waals surface area contributed by atoms with E-state index in [4.69, 9.17) is 23.2 Å². The second kappa shape index (κ2) is 4.96. The minimum atomic E-state index is -0.573. The molecule has 1 heterocycles. The van der Waals surface area contributed by atoms with E-state index < -0.39 is 4.92 Å². The molecule has 0 fully saturated rings. The van der Waals surface area contributed by atoms with Gasteiger partial charge in [-0.15, -0.1) is 11.6 Å². The largest absolute Gasteiger partial charge is 0.310 e. The summed E-state index contributed by atoms with van der Waals surface area (Å²) in [4.78, 5) is 13.8. The Morgan fingerprint density at radius 3 is 2.87 bits per heavy atom. The zero-order chi connectivity index (χ0) is 11.4. The lowest BCUT2D eigenvalue weighted by Crippen LogP contribution is -1.97. The number of rotatable bonds is 1. The molecule has 0 unspecified atom stereocenters. The van der Waals surface area contributed by atoms with Gasteiger partial charge in [0.2, 0.25) is 5.15 Å². The van der Waals surface area contributed by atoms with Gasteiger partial charge in [-0.25, -0.2) is 4.98 Å². The second-order valence-corrected chi connectivity index (χ2v) is 3.25. The van der Waals surface area contributed by atoms with E-state index in [0.717, 1.165) is 0 Å². The summed E-state index contributed by atoms with van der Waals surface area (Å²) in [6, 6.07) is 0. The highest BCUT2D eigenvalue weighted by atomic mass is 35.5. The van der Waals surface area contributed by atoms with E-state index in [2.05, 4.69) is 16.8 Å². The number of alkyl halides is 1. The van der Waals surface area contributed by atoms with Gasteiger partial charge in [-0.3, -0.25) is 10.1 Å². The SMILES string of the molecule is Cc1c(C#CCCl)cnc(Cl)c1[N+](=O)[O-]. The van der Waals surface area contributed by atoms with Crippen LogP contribution in [0.1, 0.15) is 11.1 Å². The standard InChI is InChI=1S/C9H6Cl2N2O2/c1-6-7(3-2-4-10)5-12-9(11)8(6)13(14)15/h5H,4H2,1H3. The van der Waals surface area contributed by atoms with Crippen molar-refractivity contribution in [1.82, 2.24) is 4.98 Å². The third-order valence-corrected chi connectivity index (χ3v) is 2.14. The normalized spacial score (nSPS) is 9.27. The minimum absolute atomic E-state index is 0.131. The molecule has 0 amide bonds. The van der Waals surface area contributed by atoms with Gasteiger partial charge < -0.3 is 0 Å². The van der Waals surface area contributed by atoms with Gasteiger partial charge in [-0.05, 0) is 6.92 Å². The minimum Gasteiger partial charge on any atom is -0.258 e.